The monoisotopic (exact) mass is 368 g/mol. The van der Waals surface area contributed by atoms with Gasteiger partial charge in [0.2, 0.25) is 5.89 Å². The lowest BCUT2D eigenvalue weighted by Crippen LogP contribution is -2.45. The normalized spacial score (nSPS) is 18.6. The Bertz CT molecular complexity index is 749. The quantitative estimate of drug-likeness (QED) is 0.751. The third-order valence-corrected chi connectivity index (χ3v) is 5.42. The molecule has 1 aromatic heterocycles. The van der Waals surface area contributed by atoms with E-state index in [9.17, 15) is 4.79 Å². The number of amides is 1. The predicted octanol–water partition coefficient (Wildman–Crippen LogP) is 2.47. The van der Waals surface area contributed by atoms with Gasteiger partial charge in [0.05, 0.1) is 6.54 Å². The molecule has 2 aliphatic rings. The predicted molar refractivity (Wildman–Crippen MR) is 103 cm³/mol. The maximum Gasteiger partial charge on any atom is 0.275 e. The van der Waals surface area contributed by atoms with Crippen molar-refractivity contribution in [3.8, 4) is 0 Å². The van der Waals surface area contributed by atoms with Gasteiger partial charge in [-0.25, -0.2) is 4.98 Å². The van der Waals surface area contributed by atoms with Gasteiger partial charge in [-0.15, -0.1) is 0 Å². The number of carbonyl (C=O) groups excluding carboxylic acids is 1. The van der Waals surface area contributed by atoms with E-state index in [1.807, 2.05) is 7.05 Å². The van der Waals surface area contributed by atoms with E-state index in [0.717, 1.165) is 39.3 Å². The molecule has 0 N–H and O–H groups in total. The van der Waals surface area contributed by atoms with Crippen LogP contribution < -0.4 is 0 Å². The van der Waals surface area contributed by atoms with Gasteiger partial charge in [0.1, 0.15) is 6.26 Å². The lowest BCUT2D eigenvalue weighted by molar-refractivity contribution is 0.0782. The molecule has 1 aromatic carbocycles. The SMILES string of the molecule is CN(CC1CC1)C(=O)c1coc(CN2CCN(Cc3ccccc3)CC2)n1. The molecular formula is C21H28N4O2. The second kappa shape index (κ2) is 8.23. The number of aromatic nitrogens is 1. The highest BCUT2D eigenvalue weighted by molar-refractivity contribution is 5.91. The molecule has 1 saturated carbocycles. The van der Waals surface area contributed by atoms with Crippen LogP contribution in [0.1, 0.15) is 34.8 Å². The van der Waals surface area contributed by atoms with E-state index >= 15 is 0 Å². The highest BCUT2D eigenvalue weighted by Gasteiger charge is 2.27. The third kappa shape index (κ3) is 4.96. The Morgan fingerprint density at radius 2 is 1.78 bits per heavy atom. The van der Waals surface area contributed by atoms with E-state index in [1.165, 1.54) is 24.7 Å². The van der Waals surface area contributed by atoms with Crippen LogP contribution in [0.15, 0.2) is 41.0 Å². The average molecular weight is 368 g/mol. The van der Waals surface area contributed by atoms with Gasteiger partial charge in [-0.1, -0.05) is 30.3 Å². The second-order valence-corrected chi connectivity index (χ2v) is 7.79. The molecule has 1 aliphatic carbocycles. The highest BCUT2D eigenvalue weighted by atomic mass is 16.3. The van der Waals surface area contributed by atoms with E-state index in [-0.39, 0.29) is 5.91 Å². The molecule has 1 aliphatic heterocycles. The fraction of sp³-hybridized carbons (Fsp3) is 0.524. The molecule has 2 heterocycles. The van der Waals surface area contributed by atoms with E-state index in [1.54, 1.807) is 4.90 Å². The van der Waals surface area contributed by atoms with Crippen molar-refractivity contribution in [3.05, 3.63) is 53.7 Å². The van der Waals surface area contributed by atoms with Crippen molar-refractivity contribution in [2.75, 3.05) is 39.8 Å². The minimum absolute atomic E-state index is 0.0374. The molecule has 6 heteroatoms. The Morgan fingerprint density at radius 1 is 1.11 bits per heavy atom. The molecule has 27 heavy (non-hydrogen) atoms. The molecular weight excluding hydrogens is 340 g/mol. The van der Waals surface area contributed by atoms with Gasteiger partial charge in [-0.05, 0) is 24.3 Å². The summed E-state index contributed by atoms with van der Waals surface area (Å²) in [5.74, 6) is 1.27. The average Bonchev–Trinajstić information content (AvgIpc) is 3.38. The Kier molecular flexibility index (Phi) is 5.55. The van der Waals surface area contributed by atoms with Crippen molar-refractivity contribution in [3.63, 3.8) is 0 Å². The zero-order chi connectivity index (χ0) is 18.6. The molecule has 0 radical (unpaired) electrons. The summed E-state index contributed by atoms with van der Waals surface area (Å²) in [5, 5.41) is 0. The van der Waals surface area contributed by atoms with E-state index in [4.69, 9.17) is 4.42 Å². The number of hydrogen-bond acceptors (Lipinski definition) is 5. The summed E-state index contributed by atoms with van der Waals surface area (Å²) in [6, 6.07) is 10.6. The van der Waals surface area contributed by atoms with Crippen LogP contribution in [0.3, 0.4) is 0 Å². The van der Waals surface area contributed by atoms with E-state index < -0.39 is 0 Å². The van der Waals surface area contributed by atoms with Gasteiger partial charge in [-0.2, -0.15) is 0 Å². The van der Waals surface area contributed by atoms with Crippen LogP contribution in [0.2, 0.25) is 0 Å². The van der Waals surface area contributed by atoms with Crippen LogP contribution in [0.25, 0.3) is 0 Å². The smallest absolute Gasteiger partial charge is 0.275 e. The molecule has 4 rings (SSSR count). The molecule has 0 spiro atoms. The summed E-state index contributed by atoms with van der Waals surface area (Å²) in [5.41, 5.74) is 1.79. The number of rotatable bonds is 7. The first kappa shape index (κ1) is 18.2. The summed E-state index contributed by atoms with van der Waals surface area (Å²) in [6.45, 7) is 6.53. The summed E-state index contributed by atoms with van der Waals surface area (Å²) >= 11 is 0. The van der Waals surface area contributed by atoms with Gasteiger partial charge in [0.25, 0.3) is 5.91 Å². The summed E-state index contributed by atoms with van der Waals surface area (Å²) in [6.07, 6.45) is 3.97. The summed E-state index contributed by atoms with van der Waals surface area (Å²) in [4.78, 5) is 23.4. The first-order chi connectivity index (χ1) is 13.2. The standard InChI is InChI=1S/C21H28N4O2/c1-23(13-18-7-8-18)21(26)19-16-27-20(22-19)15-25-11-9-24(10-12-25)14-17-5-3-2-4-6-17/h2-6,16,18H,7-15H2,1H3. The van der Waals surface area contributed by atoms with Crippen molar-refractivity contribution >= 4 is 5.91 Å². The number of oxazole rings is 1. The fourth-order valence-electron chi connectivity index (χ4n) is 3.59. The van der Waals surface area contributed by atoms with Gasteiger partial charge in [0.15, 0.2) is 5.69 Å². The lowest BCUT2D eigenvalue weighted by atomic mass is 10.2. The van der Waals surface area contributed by atoms with E-state index in [0.29, 0.717) is 24.0 Å². The molecule has 6 nitrogen and oxygen atoms in total. The molecule has 0 unspecified atom stereocenters. The fourth-order valence-corrected chi connectivity index (χ4v) is 3.59. The first-order valence-corrected chi connectivity index (χ1v) is 9.86. The van der Waals surface area contributed by atoms with Gasteiger partial charge < -0.3 is 9.32 Å². The van der Waals surface area contributed by atoms with Crippen molar-refractivity contribution < 1.29 is 9.21 Å². The molecule has 2 aromatic rings. The molecule has 1 amide bonds. The zero-order valence-electron chi connectivity index (χ0n) is 16.0. The topological polar surface area (TPSA) is 52.8 Å². The molecule has 1 saturated heterocycles. The van der Waals surface area contributed by atoms with Gasteiger partial charge in [0, 0.05) is 46.3 Å². The van der Waals surface area contributed by atoms with E-state index in [2.05, 4.69) is 45.1 Å². The summed E-state index contributed by atoms with van der Waals surface area (Å²) < 4.78 is 5.57. The van der Waals surface area contributed by atoms with Crippen molar-refractivity contribution in [1.29, 1.82) is 0 Å². The van der Waals surface area contributed by atoms with Gasteiger partial charge in [-0.3, -0.25) is 14.6 Å². The maximum atomic E-state index is 12.4. The second-order valence-electron chi connectivity index (χ2n) is 7.79. The third-order valence-electron chi connectivity index (χ3n) is 5.42. The number of benzene rings is 1. The highest BCUT2D eigenvalue weighted by Crippen LogP contribution is 2.29. The Morgan fingerprint density at radius 3 is 2.44 bits per heavy atom. The van der Waals surface area contributed by atoms with Crippen molar-refractivity contribution in [2.24, 2.45) is 5.92 Å². The van der Waals surface area contributed by atoms with Crippen LogP contribution >= 0.6 is 0 Å². The van der Waals surface area contributed by atoms with Crippen LogP contribution in [0.4, 0.5) is 0 Å². The zero-order valence-corrected chi connectivity index (χ0v) is 16.0. The summed E-state index contributed by atoms with van der Waals surface area (Å²) in [7, 11) is 1.85. The Balaban J connectivity index is 1.24. The van der Waals surface area contributed by atoms with Crippen LogP contribution in [-0.2, 0) is 13.1 Å². The van der Waals surface area contributed by atoms with Crippen LogP contribution in [0, 0.1) is 5.92 Å². The molecule has 2 fully saturated rings. The molecule has 0 atom stereocenters. The number of nitrogens with zero attached hydrogens (tertiary/aromatic N) is 4. The first-order valence-electron chi connectivity index (χ1n) is 9.86. The molecule has 144 valence electrons. The Hall–Kier alpha value is -2.18. The van der Waals surface area contributed by atoms with Crippen LogP contribution in [0.5, 0.6) is 0 Å². The largest absolute Gasteiger partial charge is 0.447 e. The van der Waals surface area contributed by atoms with Crippen LogP contribution in [-0.4, -0.2) is 65.4 Å². The number of carbonyl (C=O) groups is 1. The van der Waals surface area contributed by atoms with Crippen molar-refractivity contribution in [1.82, 2.24) is 19.7 Å². The maximum absolute atomic E-state index is 12.4. The minimum Gasteiger partial charge on any atom is -0.447 e. The number of piperazine rings is 1. The van der Waals surface area contributed by atoms with Gasteiger partial charge >= 0.3 is 0 Å². The number of hydrogen-bond donors (Lipinski definition) is 0. The van der Waals surface area contributed by atoms with Crippen molar-refractivity contribution in [2.45, 2.75) is 25.9 Å². The molecule has 0 bridgehead atoms. The lowest BCUT2D eigenvalue weighted by Gasteiger charge is -2.34. The minimum atomic E-state index is -0.0374. The Labute approximate surface area is 160 Å².